The van der Waals surface area contributed by atoms with Gasteiger partial charge in [-0.15, -0.1) is 0 Å². The van der Waals surface area contributed by atoms with Crippen LogP contribution in [0.4, 0.5) is 0 Å². The van der Waals surface area contributed by atoms with Gasteiger partial charge in [-0.05, 0) is 11.8 Å². The Labute approximate surface area is 122 Å². The minimum Gasteiger partial charge on any atom is -0.396 e. The number of aliphatic hydroxyl groups excluding tert-OH is 2. The summed E-state index contributed by atoms with van der Waals surface area (Å²) in [4.78, 5) is 0. The van der Waals surface area contributed by atoms with Crippen LogP contribution in [0, 0.1) is 0 Å². The lowest BCUT2D eigenvalue weighted by Crippen LogP contribution is -2.00. The molecule has 0 rings (SSSR count). The van der Waals surface area contributed by atoms with Gasteiger partial charge in [-0.3, -0.25) is 0 Å². The Bertz CT molecular complexity index is 202. The van der Waals surface area contributed by atoms with E-state index in [0.717, 1.165) is 11.5 Å². The second-order valence-corrected chi connectivity index (χ2v) is 10.5. The lowest BCUT2D eigenvalue weighted by molar-refractivity contribution is 0.284. The maximum atomic E-state index is 8.58. The average Bonchev–Trinajstić information content (AvgIpc) is 2.28. The summed E-state index contributed by atoms with van der Waals surface area (Å²) in [7, 11) is 0. The van der Waals surface area contributed by atoms with E-state index in [4.69, 9.17) is 31.1 Å². The van der Waals surface area contributed by atoms with Crippen LogP contribution >= 0.6 is 41.5 Å². The Balaban J connectivity index is 3.42. The molecule has 2 N–H and O–H groups in total. The van der Waals surface area contributed by atoms with E-state index >= 15 is 0 Å². The molecule has 0 aromatic rings. The highest BCUT2D eigenvalue weighted by Gasteiger charge is 2.12. The van der Waals surface area contributed by atoms with Crippen LogP contribution < -0.4 is 0 Å². The molecule has 104 valence electrons. The third-order valence-electron chi connectivity index (χ3n) is 1.44. The molecule has 0 heterocycles. The molecule has 0 aliphatic rings. The van der Waals surface area contributed by atoms with E-state index in [1.54, 1.807) is 23.5 Å². The van der Waals surface area contributed by atoms with Crippen molar-refractivity contribution in [1.29, 1.82) is 0 Å². The predicted molar refractivity (Wildman–Crippen MR) is 84.0 cm³/mol. The summed E-state index contributed by atoms with van der Waals surface area (Å²) in [6.07, 6.45) is 0. The summed E-state index contributed by atoms with van der Waals surface area (Å²) >= 11 is 12.5. The minimum absolute atomic E-state index is 0.179. The third-order valence-corrected chi connectivity index (χ3v) is 5.63. The van der Waals surface area contributed by atoms with Crippen molar-refractivity contribution in [2.75, 3.05) is 49.4 Å². The molecule has 0 unspecified atom stereocenters. The van der Waals surface area contributed by atoms with Gasteiger partial charge in [-0.25, -0.2) is 0 Å². The molecule has 0 saturated heterocycles. The first-order chi connectivity index (χ1) is 8.12. The quantitative estimate of drug-likeness (QED) is 0.284. The molecule has 0 amide bonds. The number of rotatable bonds is 12. The van der Waals surface area contributed by atoms with Crippen LogP contribution in [0.5, 0.6) is 0 Å². The van der Waals surface area contributed by atoms with Gasteiger partial charge >= 0.3 is 0 Å². The molecule has 0 spiro atoms. The van der Waals surface area contributed by atoms with Crippen LogP contribution in [0.1, 0.15) is 0 Å². The largest absolute Gasteiger partial charge is 0.396 e. The van der Waals surface area contributed by atoms with Crippen LogP contribution in [0.3, 0.4) is 0 Å². The molecule has 0 bridgehead atoms. The van der Waals surface area contributed by atoms with Crippen LogP contribution in [0.2, 0.25) is 0 Å². The summed E-state index contributed by atoms with van der Waals surface area (Å²) < 4.78 is 10.8. The number of hydrogen-bond acceptors (Lipinski definition) is 7. The topological polar surface area (TPSA) is 58.9 Å². The molecular weight excluding hydrogens is 319 g/mol. The van der Waals surface area contributed by atoms with E-state index < -0.39 is 5.69 Å². The number of hydrogen-bond donors (Lipinski definition) is 3. The lowest BCUT2D eigenvalue weighted by atomic mass is 10.9. The first-order valence-corrected chi connectivity index (χ1v) is 11.2. The molecule has 0 fully saturated rings. The van der Waals surface area contributed by atoms with Crippen molar-refractivity contribution >= 4 is 53.3 Å². The fourth-order valence-electron chi connectivity index (χ4n) is 0.794. The second kappa shape index (κ2) is 12.6. The van der Waals surface area contributed by atoms with Crippen LogP contribution in [-0.2, 0) is 20.9 Å². The first kappa shape index (κ1) is 18.5. The van der Waals surface area contributed by atoms with Crippen LogP contribution in [0.25, 0.3) is 0 Å². The van der Waals surface area contributed by atoms with Gasteiger partial charge in [0.05, 0.1) is 26.4 Å². The Morgan fingerprint density at radius 1 is 0.941 bits per heavy atom. The Morgan fingerprint density at radius 2 is 1.35 bits per heavy atom. The summed E-state index contributed by atoms with van der Waals surface area (Å²) in [5, 5.41) is 17.2. The monoisotopic (exact) mass is 338 g/mol. The molecule has 4 nitrogen and oxygen atoms in total. The summed E-state index contributed by atoms with van der Waals surface area (Å²) in [5.41, 5.74) is -2.41. The van der Waals surface area contributed by atoms with Gasteiger partial charge in [0, 0.05) is 23.0 Å². The molecule has 0 aliphatic carbocycles. The average molecular weight is 338 g/mol. The maximum Gasteiger partial charge on any atom is 0.244 e. The summed E-state index contributed by atoms with van der Waals surface area (Å²) in [5.74, 6) is 2.97. The second-order valence-electron chi connectivity index (χ2n) is 2.81. The molecule has 17 heavy (non-hydrogen) atoms. The van der Waals surface area contributed by atoms with Crippen molar-refractivity contribution in [3.63, 3.8) is 0 Å². The first-order valence-electron chi connectivity index (χ1n) is 5.11. The van der Waals surface area contributed by atoms with Gasteiger partial charge < -0.3 is 19.3 Å². The van der Waals surface area contributed by atoms with Gasteiger partial charge in [-0.1, -0.05) is 12.2 Å². The van der Waals surface area contributed by atoms with E-state index in [-0.39, 0.29) is 13.2 Å². The molecule has 0 aromatic heterocycles. The lowest BCUT2D eigenvalue weighted by Gasteiger charge is -2.16. The zero-order valence-electron chi connectivity index (χ0n) is 9.49. The third kappa shape index (κ3) is 13.8. The SMILES string of the molecule is OCCSCCOP(=S)(S)OCCSCCO. The minimum atomic E-state index is -2.41. The van der Waals surface area contributed by atoms with Gasteiger partial charge in [0.1, 0.15) is 0 Å². The van der Waals surface area contributed by atoms with Crippen molar-refractivity contribution in [2.45, 2.75) is 0 Å². The summed E-state index contributed by atoms with van der Waals surface area (Å²) in [6, 6.07) is 0. The predicted octanol–water partition coefficient (Wildman–Crippen LogP) is 1.62. The molecule has 0 saturated carbocycles. The highest BCUT2D eigenvalue weighted by molar-refractivity contribution is 8.60. The molecular formula is C8H19O4PS4. The standard InChI is InChI=1S/C8H19O4PS4/c9-1-5-16-7-3-11-13(14,15)12-4-8-17-6-2-10/h9-10H,1-8H2,(H,14,15). The van der Waals surface area contributed by atoms with Gasteiger partial charge in [0.2, 0.25) is 5.69 Å². The number of thioether (sulfide) groups is 2. The number of thiol groups is 1. The fourth-order valence-corrected chi connectivity index (χ4v) is 3.77. The smallest absolute Gasteiger partial charge is 0.244 e. The van der Waals surface area contributed by atoms with E-state index in [1.165, 1.54) is 0 Å². The van der Waals surface area contributed by atoms with Crippen molar-refractivity contribution in [2.24, 2.45) is 0 Å². The molecule has 0 aromatic carbocycles. The highest BCUT2D eigenvalue weighted by Crippen LogP contribution is 2.53. The highest BCUT2D eigenvalue weighted by atomic mass is 32.9. The molecule has 0 radical (unpaired) electrons. The van der Waals surface area contributed by atoms with Gasteiger partial charge in [-0.2, -0.15) is 23.5 Å². The normalized spacial score (nSPS) is 11.9. The van der Waals surface area contributed by atoms with E-state index in [0.29, 0.717) is 24.7 Å². The van der Waals surface area contributed by atoms with Crippen molar-refractivity contribution in [1.82, 2.24) is 0 Å². The van der Waals surface area contributed by atoms with E-state index in [9.17, 15) is 0 Å². The van der Waals surface area contributed by atoms with E-state index in [2.05, 4.69) is 12.2 Å². The summed E-state index contributed by atoms with van der Waals surface area (Å²) in [6.45, 7) is 1.35. The van der Waals surface area contributed by atoms with Crippen LogP contribution in [0.15, 0.2) is 0 Å². The molecule has 0 atom stereocenters. The molecule has 9 heteroatoms. The van der Waals surface area contributed by atoms with E-state index in [1.807, 2.05) is 0 Å². The van der Waals surface area contributed by atoms with Gasteiger partial charge in [0.15, 0.2) is 0 Å². The molecule has 0 aliphatic heterocycles. The van der Waals surface area contributed by atoms with Crippen molar-refractivity contribution < 1.29 is 19.3 Å². The Hall–Kier alpha value is 1.54. The Morgan fingerprint density at radius 3 is 1.71 bits per heavy atom. The van der Waals surface area contributed by atoms with Crippen molar-refractivity contribution in [3.05, 3.63) is 0 Å². The zero-order valence-corrected chi connectivity index (χ0v) is 13.7. The number of aliphatic hydroxyl groups is 2. The Kier molecular flexibility index (Phi) is 13.7. The zero-order chi connectivity index (χ0) is 13.0. The van der Waals surface area contributed by atoms with Crippen molar-refractivity contribution in [3.8, 4) is 0 Å². The fraction of sp³-hybridized carbons (Fsp3) is 1.00. The van der Waals surface area contributed by atoms with Gasteiger partial charge in [0.25, 0.3) is 0 Å². The van der Waals surface area contributed by atoms with Crippen LogP contribution in [-0.4, -0.2) is 59.7 Å². The maximum absolute atomic E-state index is 8.58.